The van der Waals surface area contributed by atoms with Gasteiger partial charge in [-0.1, -0.05) is 18.2 Å². The molecule has 1 amide bonds. The Labute approximate surface area is 141 Å². The quantitative estimate of drug-likeness (QED) is 0.614. The van der Waals surface area contributed by atoms with E-state index in [1.54, 1.807) is 40.9 Å². The first-order chi connectivity index (χ1) is 11.8. The molecule has 7 heteroatoms. The number of aromatic nitrogens is 3. The van der Waals surface area contributed by atoms with Gasteiger partial charge in [-0.15, -0.1) is 11.3 Å². The van der Waals surface area contributed by atoms with Crippen molar-refractivity contribution in [1.29, 1.82) is 0 Å². The molecule has 0 saturated carbocycles. The van der Waals surface area contributed by atoms with Gasteiger partial charge in [0, 0.05) is 17.8 Å². The molecule has 0 fully saturated rings. The summed E-state index contributed by atoms with van der Waals surface area (Å²) in [6, 6.07) is 13.1. The number of para-hydroxylation sites is 1. The van der Waals surface area contributed by atoms with Gasteiger partial charge in [0.1, 0.15) is 5.69 Å². The average molecular weight is 336 g/mol. The molecule has 1 N–H and O–H groups in total. The van der Waals surface area contributed by atoms with Crippen LogP contribution in [0.1, 0.15) is 10.4 Å². The molecule has 1 aromatic carbocycles. The number of carbonyl (C=O) groups is 1. The summed E-state index contributed by atoms with van der Waals surface area (Å²) in [7, 11) is 0. The number of hydrogen-bond acceptors (Lipinski definition) is 5. The molecule has 118 valence electrons. The van der Waals surface area contributed by atoms with Gasteiger partial charge in [-0.25, -0.2) is 9.67 Å². The largest absolute Gasteiger partial charge is 0.463 e. The monoisotopic (exact) mass is 336 g/mol. The van der Waals surface area contributed by atoms with E-state index < -0.39 is 0 Å². The zero-order chi connectivity index (χ0) is 16.4. The molecule has 24 heavy (non-hydrogen) atoms. The fourth-order valence-corrected chi connectivity index (χ4v) is 2.82. The van der Waals surface area contributed by atoms with Crippen LogP contribution in [-0.2, 0) is 0 Å². The maximum atomic E-state index is 12.6. The summed E-state index contributed by atoms with van der Waals surface area (Å²) in [4.78, 5) is 16.7. The van der Waals surface area contributed by atoms with Crippen LogP contribution in [-0.4, -0.2) is 20.7 Å². The fourth-order valence-electron chi connectivity index (χ4n) is 2.30. The third-order valence-corrected chi connectivity index (χ3v) is 4.08. The maximum Gasteiger partial charge on any atom is 0.261 e. The predicted molar refractivity (Wildman–Crippen MR) is 91.3 cm³/mol. The zero-order valence-electron chi connectivity index (χ0n) is 12.4. The molecule has 4 aromatic rings. The lowest BCUT2D eigenvalue weighted by Gasteiger charge is -2.00. The highest BCUT2D eigenvalue weighted by Crippen LogP contribution is 2.25. The number of benzene rings is 1. The summed E-state index contributed by atoms with van der Waals surface area (Å²) in [5.41, 5.74) is 1.76. The molecule has 0 aliphatic heterocycles. The molecule has 0 bridgehead atoms. The van der Waals surface area contributed by atoms with Crippen LogP contribution in [0.25, 0.3) is 17.1 Å². The number of hydrogen-bond donors (Lipinski definition) is 1. The Hall–Kier alpha value is -3.19. The molecule has 4 rings (SSSR count). The van der Waals surface area contributed by atoms with Gasteiger partial charge >= 0.3 is 0 Å². The molecule has 3 aromatic heterocycles. The number of amides is 1. The van der Waals surface area contributed by atoms with E-state index in [1.807, 2.05) is 30.3 Å². The summed E-state index contributed by atoms with van der Waals surface area (Å²) < 4.78 is 7.09. The van der Waals surface area contributed by atoms with E-state index in [4.69, 9.17) is 4.42 Å². The van der Waals surface area contributed by atoms with Crippen molar-refractivity contribution in [2.45, 2.75) is 0 Å². The Balaban J connectivity index is 1.76. The maximum absolute atomic E-state index is 12.6. The minimum Gasteiger partial charge on any atom is -0.463 e. The van der Waals surface area contributed by atoms with E-state index in [1.165, 1.54) is 11.3 Å². The van der Waals surface area contributed by atoms with Gasteiger partial charge in [0.2, 0.25) is 0 Å². The Morgan fingerprint density at radius 1 is 1.17 bits per heavy atom. The standard InChI is InChI=1S/C17H12N4O2S/c22-16(19-17-18-8-10-24-17)13-11-21(12-5-2-1-3-6-12)20-15(13)14-7-4-9-23-14/h1-11H,(H,18,19,22). The molecule has 6 nitrogen and oxygen atoms in total. The molecular formula is C17H12N4O2S. The second kappa shape index (κ2) is 6.13. The van der Waals surface area contributed by atoms with E-state index in [2.05, 4.69) is 15.4 Å². The summed E-state index contributed by atoms with van der Waals surface area (Å²) >= 11 is 1.36. The fraction of sp³-hybridized carbons (Fsp3) is 0. The topological polar surface area (TPSA) is 73.0 Å². The number of thiazole rings is 1. The van der Waals surface area contributed by atoms with Crippen molar-refractivity contribution in [3.63, 3.8) is 0 Å². The summed E-state index contributed by atoms with van der Waals surface area (Å²) in [5, 5.41) is 9.64. The smallest absolute Gasteiger partial charge is 0.261 e. The van der Waals surface area contributed by atoms with E-state index in [-0.39, 0.29) is 5.91 Å². The third kappa shape index (κ3) is 2.72. The highest BCUT2D eigenvalue weighted by Gasteiger charge is 2.21. The third-order valence-electron chi connectivity index (χ3n) is 3.39. The molecule has 0 unspecified atom stereocenters. The SMILES string of the molecule is O=C(Nc1nccs1)c1cn(-c2ccccc2)nc1-c1ccco1. The first-order valence-electron chi connectivity index (χ1n) is 7.21. The van der Waals surface area contributed by atoms with Crippen LogP contribution in [0.4, 0.5) is 5.13 Å². The van der Waals surface area contributed by atoms with E-state index in [0.717, 1.165) is 5.69 Å². The molecule has 0 radical (unpaired) electrons. The van der Waals surface area contributed by atoms with E-state index >= 15 is 0 Å². The van der Waals surface area contributed by atoms with Crippen molar-refractivity contribution in [2.75, 3.05) is 5.32 Å². The summed E-state index contributed by atoms with van der Waals surface area (Å²) in [6.45, 7) is 0. The van der Waals surface area contributed by atoms with Crippen LogP contribution in [0.5, 0.6) is 0 Å². The van der Waals surface area contributed by atoms with Gasteiger partial charge in [0.25, 0.3) is 5.91 Å². The van der Waals surface area contributed by atoms with E-state index in [9.17, 15) is 4.79 Å². The van der Waals surface area contributed by atoms with Crippen LogP contribution < -0.4 is 5.32 Å². The zero-order valence-corrected chi connectivity index (χ0v) is 13.2. The van der Waals surface area contributed by atoms with Gasteiger partial charge in [0.05, 0.1) is 17.5 Å². The van der Waals surface area contributed by atoms with Crippen molar-refractivity contribution in [2.24, 2.45) is 0 Å². The van der Waals surface area contributed by atoms with Crippen molar-refractivity contribution < 1.29 is 9.21 Å². The van der Waals surface area contributed by atoms with Crippen molar-refractivity contribution >= 4 is 22.4 Å². The second-order valence-corrected chi connectivity index (χ2v) is 5.83. The van der Waals surface area contributed by atoms with Crippen LogP contribution >= 0.6 is 11.3 Å². The predicted octanol–water partition coefficient (Wildman–Crippen LogP) is 3.84. The number of rotatable bonds is 4. The van der Waals surface area contributed by atoms with Crippen molar-refractivity contribution in [1.82, 2.24) is 14.8 Å². The molecule has 0 saturated heterocycles. The number of nitrogens with one attached hydrogen (secondary N) is 1. The second-order valence-electron chi connectivity index (χ2n) is 4.94. The van der Waals surface area contributed by atoms with Crippen molar-refractivity contribution in [3.8, 4) is 17.1 Å². The van der Waals surface area contributed by atoms with E-state index in [0.29, 0.717) is 22.1 Å². The molecule has 0 aliphatic carbocycles. The Morgan fingerprint density at radius 2 is 2.04 bits per heavy atom. The molecule has 0 aliphatic rings. The summed E-state index contributed by atoms with van der Waals surface area (Å²) in [6.07, 6.45) is 4.89. The van der Waals surface area contributed by atoms with Crippen LogP contribution in [0.15, 0.2) is 70.9 Å². The lowest BCUT2D eigenvalue weighted by atomic mass is 10.2. The van der Waals surface area contributed by atoms with Gasteiger partial charge < -0.3 is 4.42 Å². The normalized spacial score (nSPS) is 10.7. The molecular weight excluding hydrogens is 324 g/mol. The Kier molecular flexibility index (Phi) is 3.68. The van der Waals surface area contributed by atoms with Crippen LogP contribution in [0, 0.1) is 0 Å². The molecule has 0 spiro atoms. The Bertz CT molecular complexity index is 944. The first kappa shape index (κ1) is 14.4. The average Bonchev–Trinajstić information content (AvgIpc) is 3.36. The number of furan rings is 1. The molecule has 0 atom stereocenters. The van der Waals surface area contributed by atoms with Crippen molar-refractivity contribution in [3.05, 3.63) is 72.1 Å². The number of nitrogens with zero attached hydrogens (tertiary/aromatic N) is 3. The van der Waals surface area contributed by atoms with Crippen LogP contribution in [0.3, 0.4) is 0 Å². The highest BCUT2D eigenvalue weighted by molar-refractivity contribution is 7.13. The minimum absolute atomic E-state index is 0.279. The minimum atomic E-state index is -0.279. The van der Waals surface area contributed by atoms with Gasteiger partial charge in [-0.05, 0) is 24.3 Å². The van der Waals surface area contributed by atoms with Gasteiger partial charge in [-0.2, -0.15) is 5.10 Å². The highest BCUT2D eigenvalue weighted by atomic mass is 32.1. The van der Waals surface area contributed by atoms with Crippen LogP contribution in [0.2, 0.25) is 0 Å². The summed E-state index contributed by atoms with van der Waals surface area (Å²) in [5.74, 6) is 0.257. The molecule has 3 heterocycles. The Morgan fingerprint density at radius 3 is 2.75 bits per heavy atom. The lowest BCUT2D eigenvalue weighted by Crippen LogP contribution is -2.11. The van der Waals surface area contributed by atoms with Gasteiger partial charge in [-0.3, -0.25) is 10.1 Å². The number of anilines is 1. The van der Waals surface area contributed by atoms with Gasteiger partial charge in [0.15, 0.2) is 10.9 Å². The first-order valence-corrected chi connectivity index (χ1v) is 8.09. The lowest BCUT2D eigenvalue weighted by molar-refractivity contribution is 0.102. The number of carbonyl (C=O) groups excluding carboxylic acids is 1.